The zero-order chi connectivity index (χ0) is 19.6. The highest BCUT2D eigenvalue weighted by Gasteiger charge is 2.33. The number of nitrogen functional groups attached to an aromatic ring is 1. The lowest BCUT2D eigenvalue weighted by Crippen LogP contribution is -2.08. The minimum Gasteiger partial charge on any atom is -0.393 e. The summed E-state index contributed by atoms with van der Waals surface area (Å²) in [7, 11) is 0. The van der Waals surface area contributed by atoms with Gasteiger partial charge in [-0.1, -0.05) is 29.3 Å². The number of benzene rings is 2. The summed E-state index contributed by atoms with van der Waals surface area (Å²) in [6.45, 7) is 0. The maximum atomic E-state index is 13.0. The Hall–Kier alpha value is -2.71. The zero-order valence-corrected chi connectivity index (χ0v) is 15.0. The number of hydrogen-bond donors (Lipinski definition) is 3. The fourth-order valence-corrected chi connectivity index (χ4v) is 2.67. The molecule has 0 spiro atoms. The smallest absolute Gasteiger partial charge is 0.393 e. The van der Waals surface area contributed by atoms with Crippen molar-refractivity contribution in [3.05, 3.63) is 64.4 Å². The molecule has 1 heterocycles. The standard InChI is InChI=1S/C17H12Cl2F3N5/c18-9-2-1-3-10(6-9)26-15-14(23)16(25-8-24-15)27-11-4-5-13(19)12(7-11)17(20,21)22/h1-8H,23H2,(H2,24,25,26,27). The van der Waals surface area contributed by atoms with E-state index in [0.29, 0.717) is 10.7 Å². The number of nitrogens with zero attached hydrogens (tertiary/aromatic N) is 2. The Morgan fingerprint density at radius 3 is 2.11 bits per heavy atom. The second kappa shape index (κ2) is 7.50. The Balaban J connectivity index is 1.88. The SMILES string of the molecule is Nc1c(Nc2cccc(Cl)c2)ncnc1Nc1ccc(Cl)c(C(F)(F)F)c1. The molecule has 0 aliphatic rings. The van der Waals surface area contributed by atoms with Gasteiger partial charge in [-0.05, 0) is 36.4 Å². The van der Waals surface area contributed by atoms with Crippen molar-refractivity contribution >= 4 is 51.9 Å². The molecule has 10 heteroatoms. The fourth-order valence-electron chi connectivity index (χ4n) is 2.25. The predicted octanol–water partition coefficient (Wildman–Crippen LogP) is 5.87. The lowest BCUT2D eigenvalue weighted by atomic mass is 10.2. The average Bonchev–Trinajstić information content (AvgIpc) is 2.59. The number of alkyl halides is 3. The van der Waals surface area contributed by atoms with E-state index in [0.717, 1.165) is 12.1 Å². The molecular weight excluding hydrogens is 402 g/mol. The summed E-state index contributed by atoms with van der Waals surface area (Å²) in [5.74, 6) is 0.421. The fraction of sp³-hybridized carbons (Fsp3) is 0.0588. The molecule has 0 unspecified atom stereocenters. The zero-order valence-electron chi connectivity index (χ0n) is 13.5. The summed E-state index contributed by atoms with van der Waals surface area (Å²) < 4.78 is 39.0. The van der Waals surface area contributed by atoms with Crippen molar-refractivity contribution in [2.24, 2.45) is 0 Å². The van der Waals surface area contributed by atoms with Crippen LogP contribution in [-0.2, 0) is 6.18 Å². The van der Waals surface area contributed by atoms with Crippen molar-refractivity contribution in [2.75, 3.05) is 16.4 Å². The third kappa shape index (κ3) is 4.53. The van der Waals surface area contributed by atoms with Crippen molar-refractivity contribution in [2.45, 2.75) is 6.18 Å². The number of aromatic nitrogens is 2. The molecule has 0 aliphatic carbocycles. The van der Waals surface area contributed by atoms with Gasteiger partial charge in [0.15, 0.2) is 11.6 Å². The Morgan fingerprint density at radius 2 is 1.52 bits per heavy atom. The van der Waals surface area contributed by atoms with E-state index >= 15 is 0 Å². The molecule has 0 fully saturated rings. The van der Waals surface area contributed by atoms with Crippen LogP contribution >= 0.6 is 23.2 Å². The van der Waals surface area contributed by atoms with E-state index < -0.39 is 16.8 Å². The Morgan fingerprint density at radius 1 is 0.889 bits per heavy atom. The van der Waals surface area contributed by atoms with Crippen LogP contribution in [0.25, 0.3) is 0 Å². The summed E-state index contributed by atoms with van der Waals surface area (Å²) in [4.78, 5) is 8.03. The van der Waals surface area contributed by atoms with Crippen LogP contribution in [0.1, 0.15) is 5.56 Å². The minimum atomic E-state index is -4.58. The summed E-state index contributed by atoms with van der Waals surface area (Å²) >= 11 is 11.6. The number of hydrogen-bond acceptors (Lipinski definition) is 5. The number of nitrogens with two attached hydrogens (primary N) is 1. The van der Waals surface area contributed by atoms with Crippen LogP contribution in [0.3, 0.4) is 0 Å². The van der Waals surface area contributed by atoms with Gasteiger partial charge in [0.05, 0.1) is 10.6 Å². The molecule has 0 amide bonds. The second-order valence-corrected chi connectivity index (χ2v) is 6.28. The molecular formula is C17H12Cl2F3N5. The van der Waals surface area contributed by atoms with Gasteiger partial charge in [0.1, 0.15) is 12.0 Å². The van der Waals surface area contributed by atoms with Gasteiger partial charge in [-0.25, -0.2) is 9.97 Å². The Kier molecular flexibility index (Phi) is 5.29. The van der Waals surface area contributed by atoms with Crippen molar-refractivity contribution in [3.8, 4) is 0 Å². The first-order chi connectivity index (χ1) is 12.7. The summed E-state index contributed by atoms with van der Waals surface area (Å²) in [6, 6.07) is 10.3. The quantitative estimate of drug-likeness (QED) is 0.498. The van der Waals surface area contributed by atoms with Gasteiger partial charge < -0.3 is 16.4 Å². The molecule has 0 bridgehead atoms. The van der Waals surface area contributed by atoms with Crippen molar-refractivity contribution in [1.82, 2.24) is 9.97 Å². The number of halogens is 5. The van der Waals surface area contributed by atoms with E-state index in [4.69, 9.17) is 28.9 Å². The number of anilines is 5. The summed E-state index contributed by atoms with van der Waals surface area (Å²) in [5.41, 5.74) is 5.98. The van der Waals surface area contributed by atoms with Crippen molar-refractivity contribution in [1.29, 1.82) is 0 Å². The Bertz CT molecular complexity index is 979. The van der Waals surface area contributed by atoms with E-state index in [1.165, 1.54) is 12.4 Å². The maximum Gasteiger partial charge on any atom is 0.417 e. The van der Waals surface area contributed by atoms with Crippen LogP contribution in [0.5, 0.6) is 0 Å². The van der Waals surface area contributed by atoms with Crippen LogP contribution in [0.2, 0.25) is 10.0 Å². The highest BCUT2D eigenvalue weighted by Crippen LogP contribution is 2.37. The average molecular weight is 414 g/mol. The van der Waals surface area contributed by atoms with E-state index in [2.05, 4.69) is 20.6 Å². The Labute approximate surface area is 162 Å². The summed E-state index contributed by atoms with van der Waals surface area (Å²) in [6.07, 6.45) is -3.35. The molecule has 3 rings (SSSR count). The lowest BCUT2D eigenvalue weighted by Gasteiger charge is -2.14. The lowest BCUT2D eigenvalue weighted by molar-refractivity contribution is -0.137. The monoisotopic (exact) mass is 413 g/mol. The van der Waals surface area contributed by atoms with Crippen molar-refractivity contribution < 1.29 is 13.2 Å². The molecule has 0 atom stereocenters. The van der Waals surface area contributed by atoms with Crippen LogP contribution in [0.4, 0.5) is 41.9 Å². The normalized spacial score (nSPS) is 11.3. The third-order valence-electron chi connectivity index (χ3n) is 3.51. The molecule has 1 aromatic heterocycles. The van der Waals surface area contributed by atoms with Crippen LogP contribution in [-0.4, -0.2) is 9.97 Å². The predicted molar refractivity (Wildman–Crippen MR) is 101 cm³/mol. The first-order valence-corrected chi connectivity index (χ1v) is 8.26. The van der Waals surface area contributed by atoms with Gasteiger partial charge in [-0.3, -0.25) is 0 Å². The molecule has 140 valence electrons. The molecule has 0 aliphatic heterocycles. The molecule has 0 saturated carbocycles. The molecule has 4 N–H and O–H groups in total. The molecule has 27 heavy (non-hydrogen) atoms. The number of rotatable bonds is 4. The van der Waals surface area contributed by atoms with Gasteiger partial charge in [0, 0.05) is 16.4 Å². The van der Waals surface area contributed by atoms with E-state index in [9.17, 15) is 13.2 Å². The van der Waals surface area contributed by atoms with Gasteiger partial charge >= 0.3 is 6.18 Å². The topological polar surface area (TPSA) is 75.9 Å². The third-order valence-corrected chi connectivity index (χ3v) is 4.07. The van der Waals surface area contributed by atoms with E-state index in [1.807, 2.05) is 0 Å². The minimum absolute atomic E-state index is 0.126. The van der Waals surface area contributed by atoms with E-state index in [1.54, 1.807) is 24.3 Å². The first kappa shape index (κ1) is 19.1. The second-order valence-electron chi connectivity index (χ2n) is 5.44. The largest absolute Gasteiger partial charge is 0.417 e. The van der Waals surface area contributed by atoms with Crippen LogP contribution < -0.4 is 16.4 Å². The van der Waals surface area contributed by atoms with Gasteiger partial charge in [0.2, 0.25) is 0 Å². The maximum absolute atomic E-state index is 13.0. The highest BCUT2D eigenvalue weighted by atomic mass is 35.5. The number of nitrogens with one attached hydrogen (secondary N) is 2. The van der Waals surface area contributed by atoms with Gasteiger partial charge in [-0.15, -0.1) is 0 Å². The highest BCUT2D eigenvalue weighted by molar-refractivity contribution is 6.31. The van der Waals surface area contributed by atoms with Crippen LogP contribution in [0.15, 0.2) is 48.8 Å². The molecule has 0 radical (unpaired) electrons. The molecule has 3 aromatic rings. The van der Waals surface area contributed by atoms with Gasteiger partial charge in [-0.2, -0.15) is 13.2 Å². The van der Waals surface area contributed by atoms with Gasteiger partial charge in [0.25, 0.3) is 0 Å². The molecule has 0 saturated heterocycles. The van der Waals surface area contributed by atoms with Crippen LogP contribution in [0, 0.1) is 0 Å². The molecule has 2 aromatic carbocycles. The van der Waals surface area contributed by atoms with Crippen molar-refractivity contribution in [3.63, 3.8) is 0 Å². The summed E-state index contributed by atoms with van der Waals surface area (Å²) in [5, 5.41) is 5.85. The van der Waals surface area contributed by atoms with E-state index in [-0.39, 0.29) is 23.0 Å². The molecule has 5 nitrogen and oxygen atoms in total. The first-order valence-electron chi connectivity index (χ1n) is 7.51.